The molecule has 2 aromatic rings. The van der Waals surface area contributed by atoms with E-state index < -0.39 is 0 Å². The largest absolute Gasteiger partial charge is 0.493 e. The molecule has 0 radical (unpaired) electrons. The van der Waals surface area contributed by atoms with Crippen LogP contribution in [0.25, 0.3) is 11.0 Å². The van der Waals surface area contributed by atoms with Gasteiger partial charge in [-0.15, -0.1) is 0 Å². The number of hydrogen-bond donors (Lipinski definition) is 1. The molecule has 0 amide bonds. The Kier molecular flexibility index (Phi) is 5.24. The second-order valence-electron chi connectivity index (χ2n) is 5.74. The van der Waals surface area contributed by atoms with E-state index in [9.17, 15) is 4.79 Å². The van der Waals surface area contributed by atoms with Gasteiger partial charge in [-0.2, -0.15) is 0 Å². The summed E-state index contributed by atoms with van der Waals surface area (Å²) >= 11 is 0. The summed E-state index contributed by atoms with van der Waals surface area (Å²) in [7, 11) is 1.97. The van der Waals surface area contributed by atoms with E-state index in [0.717, 1.165) is 35.1 Å². The predicted molar refractivity (Wildman–Crippen MR) is 89.9 cm³/mol. The summed E-state index contributed by atoms with van der Waals surface area (Å²) < 4.78 is 11.4. The van der Waals surface area contributed by atoms with Crippen molar-refractivity contribution in [3.8, 4) is 5.75 Å². The van der Waals surface area contributed by atoms with Crippen molar-refractivity contribution in [2.45, 2.75) is 46.6 Å². The highest BCUT2D eigenvalue weighted by Crippen LogP contribution is 2.29. The minimum atomic E-state index is -0.272. The van der Waals surface area contributed by atoms with Crippen LogP contribution in [0.3, 0.4) is 0 Å². The van der Waals surface area contributed by atoms with Crippen LogP contribution >= 0.6 is 0 Å². The fraction of sp³-hybridized carbons (Fsp3) is 0.500. The molecule has 1 atom stereocenters. The lowest BCUT2D eigenvalue weighted by Gasteiger charge is -2.16. The van der Waals surface area contributed by atoms with Crippen LogP contribution in [0.4, 0.5) is 0 Å². The van der Waals surface area contributed by atoms with Crippen molar-refractivity contribution >= 4 is 11.0 Å². The first-order chi connectivity index (χ1) is 10.5. The van der Waals surface area contributed by atoms with Crippen molar-refractivity contribution in [3.63, 3.8) is 0 Å². The van der Waals surface area contributed by atoms with Gasteiger partial charge in [0.2, 0.25) is 0 Å². The summed E-state index contributed by atoms with van der Waals surface area (Å²) in [4.78, 5) is 11.9. The van der Waals surface area contributed by atoms with E-state index >= 15 is 0 Å². The highest BCUT2D eigenvalue weighted by Gasteiger charge is 2.13. The molecule has 0 aliphatic heterocycles. The Balaban J connectivity index is 2.28. The number of rotatable bonds is 6. The minimum absolute atomic E-state index is 0.272. The average Bonchev–Trinajstić information content (AvgIpc) is 2.52. The summed E-state index contributed by atoms with van der Waals surface area (Å²) in [6.07, 6.45) is 2.02. The zero-order valence-electron chi connectivity index (χ0n) is 14.1. The van der Waals surface area contributed by atoms with Gasteiger partial charge < -0.3 is 14.5 Å². The minimum Gasteiger partial charge on any atom is -0.493 e. The SMILES string of the molecule is CCC(CCOc1ccc2c(C)c(C)c(=O)oc2c1C)NC. The highest BCUT2D eigenvalue weighted by atomic mass is 16.5. The van der Waals surface area contributed by atoms with Crippen LogP contribution < -0.4 is 15.7 Å². The van der Waals surface area contributed by atoms with Gasteiger partial charge in [-0.25, -0.2) is 4.79 Å². The molecule has 0 aliphatic carbocycles. The maximum atomic E-state index is 11.9. The van der Waals surface area contributed by atoms with E-state index in [1.165, 1.54) is 0 Å². The maximum absolute atomic E-state index is 11.9. The van der Waals surface area contributed by atoms with Gasteiger partial charge >= 0.3 is 5.63 Å². The number of fused-ring (bicyclic) bond motifs is 1. The molecule has 1 unspecified atom stereocenters. The quantitative estimate of drug-likeness (QED) is 0.830. The van der Waals surface area contributed by atoms with Crippen LogP contribution in [-0.2, 0) is 0 Å². The van der Waals surface area contributed by atoms with Crippen molar-refractivity contribution in [1.29, 1.82) is 0 Å². The highest BCUT2D eigenvalue weighted by molar-refractivity contribution is 5.85. The van der Waals surface area contributed by atoms with Crippen molar-refractivity contribution in [2.24, 2.45) is 0 Å². The Morgan fingerprint density at radius 2 is 1.91 bits per heavy atom. The van der Waals surface area contributed by atoms with Crippen LogP contribution in [0.2, 0.25) is 0 Å². The lowest BCUT2D eigenvalue weighted by atomic mass is 10.0. The third-order valence-corrected chi connectivity index (χ3v) is 4.45. The molecule has 1 N–H and O–H groups in total. The zero-order valence-corrected chi connectivity index (χ0v) is 14.1. The van der Waals surface area contributed by atoms with Gasteiger partial charge in [0.15, 0.2) is 0 Å². The Bertz CT molecular complexity index is 714. The van der Waals surface area contributed by atoms with E-state index in [1.54, 1.807) is 6.92 Å². The van der Waals surface area contributed by atoms with Crippen molar-refractivity contribution in [3.05, 3.63) is 39.2 Å². The second-order valence-corrected chi connectivity index (χ2v) is 5.74. The molecule has 2 rings (SSSR count). The molecule has 0 saturated carbocycles. The van der Waals surface area contributed by atoms with E-state index in [-0.39, 0.29) is 5.63 Å². The van der Waals surface area contributed by atoms with Crippen molar-refractivity contribution < 1.29 is 9.15 Å². The van der Waals surface area contributed by atoms with Crippen molar-refractivity contribution in [2.75, 3.05) is 13.7 Å². The molecule has 1 heterocycles. The lowest BCUT2D eigenvalue weighted by Crippen LogP contribution is -2.26. The van der Waals surface area contributed by atoms with Gasteiger partial charge in [-0.3, -0.25) is 0 Å². The Hall–Kier alpha value is -1.81. The molecule has 4 heteroatoms. The molecule has 4 nitrogen and oxygen atoms in total. The molecular formula is C18H25NO3. The number of benzene rings is 1. The molecule has 1 aromatic heterocycles. The van der Waals surface area contributed by atoms with Gasteiger partial charge in [-0.05, 0) is 58.4 Å². The standard InChI is InChI=1S/C18H25NO3/c1-6-14(19-5)9-10-21-16-8-7-15-11(2)12(3)18(20)22-17(15)13(16)4/h7-8,14,19H,6,9-10H2,1-5H3. The summed E-state index contributed by atoms with van der Waals surface area (Å²) in [5, 5.41) is 4.24. The van der Waals surface area contributed by atoms with Gasteiger partial charge in [0, 0.05) is 22.6 Å². The van der Waals surface area contributed by atoms with E-state index in [0.29, 0.717) is 23.8 Å². The first-order valence-corrected chi connectivity index (χ1v) is 7.83. The van der Waals surface area contributed by atoms with Gasteiger partial charge in [0.25, 0.3) is 0 Å². The number of nitrogens with one attached hydrogen (secondary N) is 1. The Labute approximate surface area is 131 Å². The monoisotopic (exact) mass is 303 g/mol. The summed E-state index contributed by atoms with van der Waals surface area (Å²) in [5.74, 6) is 0.782. The predicted octanol–water partition coefficient (Wildman–Crippen LogP) is 3.49. The third-order valence-electron chi connectivity index (χ3n) is 4.45. The van der Waals surface area contributed by atoms with Crippen LogP contribution in [0, 0.1) is 20.8 Å². The zero-order chi connectivity index (χ0) is 16.3. The topological polar surface area (TPSA) is 51.5 Å². The molecule has 0 bridgehead atoms. The first kappa shape index (κ1) is 16.6. The van der Waals surface area contributed by atoms with Crippen LogP contribution in [0.15, 0.2) is 21.3 Å². The summed E-state index contributed by atoms with van der Waals surface area (Å²) in [5.41, 5.74) is 2.88. The molecular weight excluding hydrogens is 278 g/mol. The van der Waals surface area contributed by atoms with E-state index in [1.807, 2.05) is 33.0 Å². The van der Waals surface area contributed by atoms with Gasteiger partial charge in [0.1, 0.15) is 11.3 Å². The lowest BCUT2D eigenvalue weighted by molar-refractivity contribution is 0.285. The molecule has 120 valence electrons. The molecule has 0 spiro atoms. The first-order valence-electron chi connectivity index (χ1n) is 7.83. The number of ether oxygens (including phenoxy) is 1. The average molecular weight is 303 g/mol. The van der Waals surface area contributed by atoms with Gasteiger partial charge in [-0.1, -0.05) is 6.92 Å². The number of aryl methyl sites for hydroxylation is 2. The van der Waals surface area contributed by atoms with Crippen molar-refractivity contribution in [1.82, 2.24) is 5.32 Å². The molecule has 22 heavy (non-hydrogen) atoms. The summed E-state index contributed by atoms with van der Waals surface area (Å²) in [6.45, 7) is 8.48. The van der Waals surface area contributed by atoms with Crippen LogP contribution in [-0.4, -0.2) is 19.7 Å². The molecule has 0 aliphatic rings. The van der Waals surface area contributed by atoms with Crippen LogP contribution in [0.5, 0.6) is 5.75 Å². The van der Waals surface area contributed by atoms with E-state index in [2.05, 4.69) is 12.2 Å². The Morgan fingerprint density at radius 1 is 1.18 bits per heavy atom. The number of hydrogen-bond acceptors (Lipinski definition) is 4. The summed E-state index contributed by atoms with van der Waals surface area (Å²) in [6, 6.07) is 4.39. The fourth-order valence-corrected chi connectivity index (χ4v) is 2.64. The Morgan fingerprint density at radius 3 is 2.55 bits per heavy atom. The molecule has 0 saturated heterocycles. The van der Waals surface area contributed by atoms with Gasteiger partial charge in [0.05, 0.1) is 6.61 Å². The van der Waals surface area contributed by atoms with E-state index in [4.69, 9.17) is 9.15 Å². The second kappa shape index (κ2) is 6.97. The van der Waals surface area contributed by atoms with Crippen LogP contribution in [0.1, 0.15) is 36.5 Å². The molecule has 0 fully saturated rings. The fourth-order valence-electron chi connectivity index (χ4n) is 2.64. The normalized spacial score (nSPS) is 12.6. The third kappa shape index (κ3) is 3.17. The smallest absolute Gasteiger partial charge is 0.339 e. The maximum Gasteiger partial charge on any atom is 0.339 e. The molecule has 1 aromatic carbocycles.